The van der Waals surface area contributed by atoms with Gasteiger partial charge in [0.2, 0.25) is 0 Å². The van der Waals surface area contributed by atoms with E-state index in [0.29, 0.717) is 0 Å². The van der Waals surface area contributed by atoms with E-state index in [1.54, 1.807) is 6.20 Å². The van der Waals surface area contributed by atoms with Crippen LogP contribution in [0.4, 0.5) is 0 Å². The van der Waals surface area contributed by atoms with Gasteiger partial charge in [0.1, 0.15) is 6.10 Å². The number of pyridine rings is 1. The molecule has 3 nitrogen and oxygen atoms in total. The zero-order chi connectivity index (χ0) is 9.97. The van der Waals surface area contributed by atoms with Crippen LogP contribution in [0.1, 0.15) is 18.6 Å². The SMILES string of the molecule is CC(ON)c1ccnc2ccccc12. The van der Waals surface area contributed by atoms with E-state index in [-0.39, 0.29) is 6.10 Å². The highest BCUT2D eigenvalue weighted by atomic mass is 16.6. The number of nitrogens with zero attached hydrogens (tertiary/aromatic N) is 1. The predicted molar refractivity (Wildman–Crippen MR) is 55.4 cm³/mol. The molecule has 1 heterocycles. The number of para-hydroxylation sites is 1. The Balaban J connectivity index is 2.65. The second-order valence-electron chi connectivity index (χ2n) is 3.20. The van der Waals surface area contributed by atoms with Gasteiger partial charge in [0.15, 0.2) is 0 Å². The third-order valence-electron chi connectivity index (χ3n) is 2.32. The lowest BCUT2D eigenvalue weighted by Gasteiger charge is -2.11. The van der Waals surface area contributed by atoms with Crippen LogP contribution in [-0.2, 0) is 4.84 Å². The smallest absolute Gasteiger partial charge is 0.102 e. The fourth-order valence-electron chi connectivity index (χ4n) is 1.55. The average molecular weight is 188 g/mol. The minimum atomic E-state index is -0.108. The molecule has 2 rings (SSSR count). The highest BCUT2D eigenvalue weighted by Crippen LogP contribution is 2.23. The Kier molecular flexibility index (Phi) is 2.43. The molecule has 2 aromatic rings. The molecule has 0 saturated carbocycles. The van der Waals surface area contributed by atoms with Crippen LogP contribution in [0.3, 0.4) is 0 Å². The molecule has 1 aromatic heterocycles. The van der Waals surface area contributed by atoms with E-state index in [1.807, 2.05) is 37.3 Å². The van der Waals surface area contributed by atoms with Crippen molar-refractivity contribution in [2.75, 3.05) is 0 Å². The van der Waals surface area contributed by atoms with Crippen molar-refractivity contribution in [1.82, 2.24) is 4.98 Å². The molecule has 0 fully saturated rings. The summed E-state index contributed by atoms with van der Waals surface area (Å²) in [6.07, 6.45) is 1.66. The van der Waals surface area contributed by atoms with Crippen LogP contribution in [0.5, 0.6) is 0 Å². The van der Waals surface area contributed by atoms with Gasteiger partial charge in [-0.05, 0) is 24.6 Å². The molecule has 3 heteroatoms. The van der Waals surface area contributed by atoms with Crippen LogP contribution in [0, 0.1) is 0 Å². The molecule has 1 aromatic carbocycles. The van der Waals surface area contributed by atoms with E-state index in [9.17, 15) is 0 Å². The Labute approximate surface area is 82.5 Å². The van der Waals surface area contributed by atoms with Gasteiger partial charge in [-0.2, -0.15) is 0 Å². The summed E-state index contributed by atoms with van der Waals surface area (Å²) < 4.78 is 0. The van der Waals surface area contributed by atoms with Crippen LogP contribution in [0.25, 0.3) is 10.9 Å². The first-order valence-electron chi connectivity index (χ1n) is 4.52. The number of benzene rings is 1. The summed E-state index contributed by atoms with van der Waals surface area (Å²) in [4.78, 5) is 9.08. The van der Waals surface area contributed by atoms with E-state index in [1.165, 1.54) is 0 Å². The van der Waals surface area contributed by atoms with Crippen molar-refractivity contribution < 1.29 is 4.84 Å². The van der Waals surface area contributed by atoms with Gasteiger partial charge in [0, 0.05) is 11.6 Å². The number of aromatic nitrogens is 1. The molecular formula is C11H12N2O. The Morgan fingerprint density at radius 2 is 2.07 bits per heavy atom. The van der Waals surface area contributed by atoms with Gasteiger partial charge in [-0.3, -0.25) is 9.82 Å². The van der Waals surface area contributed by atoms with Crippen molar-refractivity contribution in [3.63, 3.8) is 0 Å². The highest BCUT2D eigenvalue weighted by molar-refractivity contribution is 5.82. The Morgan fingerprint density at radius 3 is 2.86 bits per heavy atom. The number of hydrogen-bond donors (Lipinski definition) is 1. The minimum absolute atomic E-state index is 0.108. The standard InChI is InChI=1S/C11H12N2O/c1-8(14-12)9-6-7-13-11-5-3-2-4-10(9)11/h2-8H,12H2,1H3. The molecular weight excluding hydrogens is 176 g/mol. The van der Waals surface area contributed by atoms with Crippen molar-refractivity contribution in [2.24, 2.45) is 5.90 Å². The van der Waals surface area contributed by atoms with Crippen LogP contribution >= 0.6 is 0 Å². The number of nitrogens with two attached hydrogens (primary N) is 1. The fraction of sp³-hybridized carbons (Fsp3) is 0.182. The molecule has 0 radical (unpaired) electrons. The van der Waals surface area contributed by atoms with Crippen LogP contribution in [0.15, 0.2) is 36.5 Å². The number of hydrogen-bond acceptors (Lipinski definition) is 3. The monoisotopic (exact) mass is 188 g/mol. The second-order valence-corrected chi connectivity index (χ2v) is 3.20. The van der Waals surface area contributed by atoms with Crippen LogP contribution < -0.4 is 5.90 Å². The van der Waals surface area contributed by atoms with Gasteiger partial charge >= 0.3 is 0 Å². The molecule has 0 amide bonds. The maximum absolute atomic E-state index is 5.17. The normalized spacial score (nSPS) is 13.0. The molecule has 0 aliphatic carbocycles. The van der Waals surface area contributed by atoms with Crippen LogP contribution in [-0.4, -0.2) is 4.98 Å². The summed E-state index contributed by atoms with van der Waals surface area (Å²) in [6, 6.07) is 9.87. The molecule has 72 valence electrons. The Morgan fingerprint density at radius 1 is 1.29 bits per heavy atom. The summed E-state index contributed by atoms with van der Waals surface area (Å²) in [7, 11) is 0. The largest absolute Gasteiger partial charge is 0.297 e. The molecule has 0 aliphatic rings. The third kappa shape index (κ3) is 1.47. The first kappa shape index (κ1) is 9.12. The maximum atomic E-state index is 5.17. The van der Waals surface area contributed by atoms with E-state index in [2.05, 4.69) is 4.98 Å². The lowest BCUT2D eigenvalue weighted by molar-refractivity contribution is 0.0674. The Bertz CT molecular complexity index is 437. The summed E-state index contributed by atoms with van der Waals surface area (Å²) >= 11 is 0. The topological polar surface area (TPSA) is 48.1 Å². The molecule has 0 spiro atoms. The lowest BCUT2D eigenvalue weighted by Crippen LogP contribution is -2.06. The Hall–Kier alpha value is -1.45. The minimum Gasteiger partial charge on any atom is -0.297 e. The van der Waals surface area contributed by atoms with Gasteiger partial charge in [0.05, 0.1) is 5.52 Å². The van der Waals surface area contributed by atoms with Crippen molar-refractivity contribution >= 4 is 10.9 Å². The van der Waals surface area contributed by atoms with Crippen LogP contribution in [0.2, 0.25) is 0 Å². The second kappa shape index (κ2) is 3.74. The molecule has 1 atom stereocenters. The molecule has 1 unspecified atom stereocenters. The van der Waals surface area contributed by atoms with E-state index in [0.717, 1.165) is 16.5 Å². The average Bonchev–Trinajstić information content (AvgIpc) is 2.27. The third-order valence-corrected chi connectivity index (χ3v) is 2.32. The van der Waals surface area contributed by atoms with Crippen molar-refractivity contribution in [2.45, 2.75) is 13.0 Å². The fourth-order valence-corrected chi connectivity index (χ4v) is 1.55. The number of rotatable bonds is 2. The van der Waals surface area contributed by atoms with E-state index >= 15 is 0 Å². The first-order chi connectivity index (χ1) is 6.83. The maximum Gasteiger partial charge on any atom is 0.102 e. The summed E-state index contributed by atoms with van der Waals surface area (Å²) in [5.41, 5.74) is 2.03. The quantitative estimate of drug-likeness (QED) is 0.735. The van der Waals surface area contributed by atoms with Gasteiger partial charge in [-0.15, -0.1) is 0 Å². The highest BCUT2D eigenvalue weighted by Gasteiger charge is 2.08. The van der Waals surface area contributed by atoms with Gasteiger partial charge in [-0.25, -0.2) is 5.90 Å². The summed E-state index contributed by atoms with van der Waals surface area (Å²) in [6.45, 7) is 1.92. The van der Waals surface area contributed by atoms with Crippen molar-refractivity contribution in [1.29, 1.82) is 0 Å². The molecule has 0 bridgehead atoms. The predicted octanol–water partition coefficient (Wildman–Crippen LogP) is 2.19. The summed E-state index contributed by atoms with van der Waals surface area (Å²) in [5.74, 6) is 5.17. The molecule has 0 aliphatic heterocycles. The lowest BCUT2D eigenvalue weighted by atomic mass is 10.1. The van der Waals surface area contributed by atoms with Gasteiger partial charge in [-0.1, -0.05) is 18.2 Å². The van der Waals surface area contributed by atoms with Gasteiger partial charge in [0.25, 0.3) is 0 Å². The number of fused-ring (bicyclic) bond motifs is 1. The van der Waals surface area contributed by atoms with Crippen molar-refractivity contribution in [3.05, 3.63) is 42.1 Å². The zero-order valence-electron chi connectivity index (χ0n) is 7.97. The van der Waals surface area contributed by atoms with Crippen molar-refractivity contribution in [3.8, 4) is 0 Å². The molecule has 0 saturated heterocycles. The summed E-state index contributed by atoms with van der Waals surface area (Å²) in [5, 5.41) is 1.09. The zero-order valence-corrected chi connectivity index (χ0v) is 7.97. The van der Waals surface area contributed by atoms with Gasteiger partial charge < -0.3 is 0 Å². The molecule has 2 N–H and O–H groups in total. The first-order valence-corrected chi connectivity index (χ1v) is 4.52. The van der Waals surface area contributed by atoms with E-state index < -0.39 is 0 Å². The van der Waals surface area contributed by atoms with E-state index in [4.69, 9.17) is 10.7 Å². The molecule has 14 heavy (non-hydrogen) atoms.